The lowest BCUT2D eigenvalue weighted by molar-refractivity contribution is -0.131. The summed E-state index contributed by atoms with van der Waals surface area (Å²) in [4.78, 5) is 13.9. The Hall–Kier alpha value is -0.570. The van der Waals surface area contributed by atoms with Crippen molar-refractivity contribution in [3.63, 3.8) is 0 Å². The second-order valence-electron chi connectivity index (χ2n) is 4.33. The molecular formula is C13H28N2O. The maximum Gasteiger partial charge on any atom is 0.222 e. The van der Waals surface area contributed by atoms with Crippen molar-refractivity contribution in [1.29, 1.82) is 0 Å². The fourth-order valence-electron chi connectivity index (χ4n) is 1.83. The number of unbranched alkanes of at least 4 members (excludes halogenated alkanes) is 3. The minimum atomic E-state index is 0.330. The molecule has 0 heterocycles. The van der Waals surface area contributed by atoms with Crippen LogP contribution in [0.4, 0.5) is 0 Å². The third kappa shape index (κ3) is 7.69. The Balaban J connectivity index is 3.65. The molecule has 0 fully saturated rings. The molecule has 0 rings (SSSR count). The fraction of sp³-hybridized carbons (Fsp3) is 0.923. The Morgan fingerprint density at radius 2 is 1.56 bits per heavy atom. The first kappa shape index (κ1) is 15.4. The minimum absolute atomic E-state index is 0.330. The Bertz CT molecular complexity index is 165. The maximum atomic E-state index is 11.9. The summed E-state index contributed by atoms with van der Waals surface area (Å²) in [5.74, 6) is 0.330. The van der Waals surface area contributed by atoms with Crippen molar-refractivity contribution in [2.45, 2.75) is 58.8 Å². The summed E-state index contributed by atoms with van der Waals surface area (Å²) in [5, 5.41) is 0. The fourth-order valence-corrected chi connectivity index (χ4v) is 1.83. The molecule has 0 bridgehead atoms. The van der Waals surface area contributed by atoms with Crippen LogP contribution in [0.15, 0.2) is 0 Å². The molecule has 16 heavy (non-hydrogen) atoms. The van der Waals surface area contributed by atoms with E-state index in [9.17, 15) is 4.79 Å². The first-order valence-corrected chi connectivity index (χ1v) is 6.74. The Morgan fingerprint density at radius 1 is 1.00 bits per heavy atom. The summed E-state index contributed by atoms with van der Waals surface area (Å²) < 4.78 is 0. The van der Waals surface area contributed by atoms with Crippen LogP contribution in [0, 0.1) is 0 Å². The highest BCUT2D eigenvalue weighted by Gasteiger charge is 2.10. The molecule has 0 unspecified atom stereocenters. The molecule has 2 N–H and O–H groups in total. The number of amides is 1. The lowest BCUT2D eigenvalue weighted by Gasteiger charge is -2.21. The molecule has 0 aliphatic carbocycles. The molecule has 0 aromatic carbocycles. The van der Waals surface area contributed by atoms with Crippen LogP contribution in [0.25, 0.3) is 0 Å². The molecule has 96 valence electrons. The molecule has 1 amide bonds. The smallest absolute Gasteiger partial charge is 0.222 e. The molecule has 0 aliphatic heterocycles. The molecule has 0 saturated carbocycles. The molecule has 0 aliphatic rings. The molecule has 0 spiro atoms. The standard InChI is InChI=1S/C13H28N2O/c1-3-11-15(12-4-2)13(16)9-7-5-6-8-10-14/h3-12,14H2,1-2H3. The molecule has 0 atom stereocenters. The van der Waals surface area contributed by atoms with Gasteiger partial charge in [0.2, 0.25) is 5.91 Å². The average molecular weight is 228 g/mol. The summed E-state index contributed by atoms with van der Waals surface area (Å²) in [5.41, 5.74) is 5.42. The highest BCUT2D eigenvalue weighted by atomic mass is 16.2. The van der Waals surface area contributed by atoms with Crippen LogP contribution < -0.4 is 5.73 Å². The van der Waals surface area contributed by atoms with Gasteiger partial charge in [-0.05, 0) is 32.2 Å². The predicted molar refractivity (Wildman–Crippen MR) is 69.3 cm³/mol. The summed E-state index contributed by atoms with van der Waals surface area (Å²) in [6.45, 7) is 6.84. The van der Waals surface area contributed by atoms with E-state index in [2.05, 4.69) is 13.8 Å². The largest absolute Gasteiger partial charge is 0.343 e. The van der Waals surface area contributed by atoms with Gasteiger partial charge in [0.15, 0.2) is 0 Å². The van der Waals surface area contributed by atoms with Crippen molar-refractivity contribution in [1.82, 2.24) is 4.90 Å². The van der Waals surface area contributed by atoms with Crippen LogP contribution in [-0.2, 0) is 4.79 Å². The zero-order chi connectivity index (χ0) is 12.2. The minimum Gasteiger partial charge on any atom is -0.343 e. The number of hydrogen-bond donors (Lipinski definition) is 1. The topological polar surface area (TPSA) is 46.3 Å². The average Bonchev–Trinajstić information content (AvgIpc) is 2.28. The van der Waals surface area contributed by atoms with Gasteiger partial charge in [-0.1, -0.05) is 26.7 Å². The van der Waals surface area contributed by atoms with E-state index < -0.39 is 0 Å². The van der Waals surface area contributed by atoms with Crippen LogP contribution in [0.1, 0.15) is 58.8 Å². The van der Waals surface area contributed by atoms with Crippen LogP contribution in [0.2, 0.25) is 0 Å². The lowest BCUT2D eigenvalue weighted by Crippen LogP contribution is -2.32. The van der Waals surface area contributed by atoms with Crippen LogP contribution >= 0.6 is 0 Å². The Morgan fingerprint density at radius 3 is 2.06 bits per heavy atom. The van der Waals surface area contributed by atoms with Gasteiger partial charge >= 0.3 is 0 Å². The second kappa shape index (κ2) is 10.9. The van der Waals surface area contributed by atoms with E-state index in [4.69, 9.17) is 5.73 Å². The van der Waals surface area contributed by atoms with E-state index in [0.717, 1.165) is 58.2 Å². The molecular weight excluding hydrogens is 200 g/mol. The Labute approximate surface area is 100 Å². The normalized spacial score (nSPS) is 10.4. The van der Waals surface area contributed by atoms with Gasteiger partial charge in [0, 0.05) is 19.5 Å². The summed E-state index contributed by atoms with van der Waals surface area (Å²) in [7, 11) is 0. The summed E-state index contributed by atoms with van der Waals surface area (Å²) >= 11 is 0. The van der Waals surface area contributed by atoms with Gasteiger partial charge in [-0.2, -0.15) is 0 Å². The van der Waals surface area contributed by atoms with Gasteiger partial charge in [-0.15, -0.1) is 0 Å². The van der Waals surface area contributed by atoms with Crippen LogP contribution in [0.3, 0.4) is 0 Å². The van der Waals surface area contributed by atoms with Crippen molar-refractivity contribution in [3.05, 3.63) is 0 Å². The quantitative estimate of drug-likeness (QED) is 0.584. The first-order chi connectivity index (χ1) is 7.76. The van der Waals surface area contributed by atoms with Crippen molar-refractivity contribution < 1.29 is 4.79 Å². The zero-order valence-corrected chi connectivity index (χ0v) is 11.0. The molecule has 0 saturated heterocycles. The SMILES string of the molecule is CCCN(CCC)C(=O)CCCCCCN. The molecule has 0 aromatic rings. The number of hydrogen-bond acceptors (Lipinski definition) is 2. The number of carbonyl (C=O) groups is 1. The maximum absolute atomic E-state index is 11.9. The Kier molecular flexibility index (Phi) is 10.5. The highest BCUT2D eigenvalue weighted by molar-refractivity contribution is 5.76. The lowest BCUT2D eigenvalue weighted by atomic mass is 10.1. The predicted octanol–water partition coefficient (Wildman–Crippen LogP) is 2.54. The number of nitrogens with two attached hydrogens (primary N) is 1. The number of carbonyl (C=O) groups excluding carboxylic acids is 1. The van der Waals surface area contributed by atoms with Gasteiger partial charge in [-0.3, -0.25) is 4.79 Å². The van der Waals surface area contributed by atoms with Gasteiger partial charge < -0.3 is 10.6 Å². The van der Waals surface area contributed by atoms with E-state index in [0.29, 0.717) is 12.3 Å². The third-order valence-corrected chi connectivity index (χ3v) is 2.68. The molecule has 0 radical (unpaired) electrons. The summed E-state index contributed by atoms with van der Waals surface area (Å²) in [6.07, 6.45) is 7.22. The van der Waals surface area contributed by atoms with Gasteiger partial charge in [0.1, 0.15) is 0 Å². The van der Waals surface area contributed by atoms with Crippen LogP contribution in [0.5, 0.6) is 0 Å². The van der Waals surface area contributed by atoms with Crippen molar-refractivity contribution in [2.24, 2.45) is 5.73 Å². The first-order valence-electron chi connectivity index (χ1n) is 6.74. The third-order valence-electron chi connectivity index (χ3n) is 2.68. The molecule has 3 nitrogen and oxygen atoms in total. The van der Waals surface area contributed by atoms with E-state index in [1.165, 1.54) is 0 Å². The second-order valence-corrected chi connectivity index (χ2v) is 4.33. The summed E-state index contributed by atoms with van der Waals surface area (Å²) in [6, 6.07) is 0. The van der Waals surface area contributed by atoms with E-state index in [1.54, 1.807) is 0 Å². The van der Waals surface area contributed by atoms with Crippen molar-refractivity contribution in [3.8, 4) is 0 Å². The van der Waals surface area contributed by atoms with Gasteiger partial charge in [0.25, 0.3) is 0 Å². The molecule has 3 heteroatoms. The zero-order valence-electron chi connectivity index (χ0n) is 11.0. The van der Waals surface area contributed by atoms with E-state index >= 15 is 0 Å². The van der Waals surface area contributed by atoms with Gasteiger partial charge in [0.05, 0.1) is 0 Å². The highest BCUT2D eigenvalue weighted by Crippen LogP contribution is 2.06. The van der Waals surface area contributed by atoms with Crippen molar-refractivity contribution in [2.75, 3.05) is 19.6 Å². The molecule has 0 aromatic heterocycles. The van der Waals surface area contributed by atoms with Gasteiger partial charge in [-0.25, -0.2) is 0 Å². The van der Waals surface area contributed by atoms with Crippen molar-refractivity contribution >= 4 is 5.91 Å². The number of rotatable bonds is 10. The van der Waals surface area contributed by atoms with E-state index in [1.807, 2.05) is 4.90 Å². The number of nitrogens with zero attached hydrogens (tertiary/aromatic N) is 1. The van der Waals surface area contributed by atoms with Crippen LogP contribution in [-0.4, -0.2) is 30.4 Å². The van der Waals surface area contributed by atoms with E-state index in [-0.39, 0.29) is 0 Å². The monoisotopic (exact) mass is 228 g/mol.